The van der Waals surface area contributed by atoms with E-state index in [0.717, 1.165) is 15.6 Å². The number of fused-ring (bicyclic) bond motifs is 1. The van der Waals surface area contributed by atoms with Crippen LogP contribution in [-0.2, 0) is 17.1 Å². The van der Waals surface area contributed by atoms with Crippen LogP contribution in [0.2, 0.25) is 0 Å². The van der Waals surface area contributed by atoms with Crippen LogP contribution in [0.15, 0.2) is 40.4 Å². The van der Waals surface area contributed by atoms with Gasteiger partial charge in [0.1, 0.15) is 11.6 Å². The third kappa shape index (κ3) is 3.26. The summed E-state index contributed by atoms with van der Waals surface area (Å²) in [5.74, 6) is 0.646. The fourth-order valence-electron chi connectivity index (χ4n) is 2.14. The molecule has 0 unspecified atom stereocenters. The lowest BCUT2D eigenvalue weighted by Gasteiger charge is -2.05. The maximum absolute atomic E-state index is 11.9. The Morgan fingerprint density at radius 3 is 3.04 bits per heavy atom. The van der Waals surface area contributed by atoms with E-state index < -0.39 is 5.69 Å². The zero-order chi connectivity index (χ0) is 16.2. The number of methoxy groups -OCH3 is 1. The van der Waals surface area contributed by atoms with Crippen molar-refractivity contribution in [1.82, 2.24) is 19.6 Å². The smallest absolute Gasteiger partial charge is 0.350 e. The molecular weight excluding hydrogens is 314 g/mol. The summed E-state index contributed by atoms with van der Waals surface area (Å²) in [6.45, 7) is 0.556. The summed E-state index contributed by atoms with van der Waals surface area (Å²) < 4.78 is 6.20. The summed E-state index contributed by atoms with van der Waals surface area (Å²) in [5, 5.41) is 13.3. The summed E-state index contributed by atoms with van der Waals surface area (Å²) in [4.78, 5) is 18.9. The maximum atomic E-state index is 11.9. The minimum Gasteiger partial charge on any atom is -0.380 e. The van der Waals surface area contributed by atoms with Crippen molar-refractivity contribution in [3.63, 3.8) is 0 Å². The number of nitrogens with one attached hydrogen (secondary N) is 1. The molecule has 1 aromatic carbocycles. The largest absolute Gasteiger partial charge is 0.380 e. The van der Waals surface area contributed by atoms with E-state index in [-0.39, 0.29) is 11.2 Å². The summed E-state index contributed by atoms with van der Waals surface area (Å²) in [6.07, 6.45) is 1.33. The molecule has 0 radical (unpaired) electrons. The molecule has 0 saturated heterocycles. The molecule has 2 aromatic heterocycles. The molecule has 1 N–H and O–H groups in total. The highest BCUT2D eigenvalue weighted by atomic mass is 32.2. The Kier molecular flexibility index (Phi) is 4.41. The molecule has 0 saturated carbocycles. The lowest BCUT2D eigenvalue weighted by Crippen LogP contribution is -2.19. The van der Waals surface area contributed by atoms with Crippen LogP contribution in [0.25, 0.3) is 5.65 Å². The van der Waals surface area contributed by atoms with E-state index in [0.29, 0.717) is 17.5 Å². The Morgan fingerprint density at radius 2 is 2.26 bits per heavy atom. The molecule has 0 fully saturated rings. The first-order valence-corrected chi connectivity index (χ1v) is 7.77. The number of H-pyrrole nitrogens is 1. The monoisotopic (exact) mass is 327 g/mol. The van der Waals surface area contributed by atoms with Gasteiger partial charge in [-0.2, -0.15) is 14.9 Å². The van der Waals surface area contributed by atoms with E-state index in [9.17, 15) is 4.79 Å². The first-order valence-electron chi connectivity index (χ1n) is 6.79. The van der Waals surface area contributed by atoms with E-state index in [1.165, 1.54) is 18.0 Å². The predicted octanol–water partition coefficient (Wildman–Crippen LogP) is 1.73. The Labute approximate surface area is 135 Å². The third-order valence-electron chi connectivity index (χ3n) is 3.16. The van der Waals surface area contributed by atoms with Gasteiger partial charge in [0.25, 0.3) is 0 Å². The average molecular weight is 327 g/mol. The van der Waals surface area contributed by atoms with Gasteiger partial charge in [0.2, 0.25) is 0 Å². The summed E-state index contributed by atoms with van der Waals surface area (Å²) in [6, 6.07) is 9.99. The van der Waals surface area contributed by atoms with Crippen molar-refractivity contribution in [3.05, 3.63) is 57.6 Å². The Hall–Kier alpha value is -2.63. The molecule has 0 aliphatic rings. The maximum Gasteiger partial charge on any atom is 0.350 e. The van der Waals surface area contributed by atoms with Crippen LogP contribution in [0.1, 0.15) is 16.7 Å². The summed E-state index contributed by atoms with van der Waals surface area (Å²) >= 11 is 1.39. The van der Waals surface area contributed by atoms with E-state index in [2.05, 4.69) is 15.1 Å². The molecule has 0 atom stereocenters. The van der Waals surface area contributed by atoms with Gasteiger partial charge in [-0.05, 0) is 11.1 Å². The van der Waals surface area contributed by atoms with E-state index in [1.807, 2.05) is 30.3 Å². The van der Waals surface area contributed by atoms with Gasteiger partial charge in [-0.3, -0.25) is 4.98 Å². The fourth-order valence-corrected chi connectivity index (χ4v) is 2.94. The zero-order valence-electron chi connectivity index (χ0n) is 12.3. The molecule has 8 heteroatoms. The van der Waals surface area contributed by atoms with Crippen molar-refractivity contribution >= 4 is 17.4 Å². The van der Waals surface area contributed by atoms with Gasteiger partial charge in [-0.25, -0.2) is 9.78 Å². The van der Waals surface area contributed by atoms with Crippen LogP contribution in [0.5, 0.6) is 0 Å². The van der Waals surface area contributed by atoms with Gasteiger partial charge < -0.3 is 4.74 Å². The molecule has 0 aliphatic heterocycles. The number of thioether (sulfide) groups is 1. The molecule has 2 heterocycles. The third-order valence-corrected chi connectivity index (χ3v) is 4.10. The second-order valence-electron chi connectivity index (χ2n) is 4.79. The molecule has 0 aliphatic carbocycles. The van der Waals surface area contributed by atoms with Gasteiger partial charge in [0.05, 0.1) is 12.8 Å². The topological polar surface area (TPSA) is 96.1 Å². The second kappa shape index (κ2) is 6.64. The highest BCUT2D eigenvalue weighted by molar-refractivity contribution is 7.98. The molecule has 0 spiro atoms. The molecule has 7 nitrogen and oxygen atoms in total. The predicted molar refractivity (Wildman–Crippen MR) is 85.0 cm³/mol. The van der Waals surface area contributed by atoms with Crippen molar-refractivity contribution in [3.8, 4) is 6.07 Å². The molecular formula is C15H13N5O2S. The standard InChI is InChI=1S/C15H13N5O2S/c1-22-8-10-3-2-4-11(5-10)9-23-14-18-13-12(6-16)7-17-20(13)15(21)19-14/h2-5,7H,8-9H2,1H3,(H,18,19,21). The quantitative estimate of drug-likeness (QED) is 0.717. The number of benzene rings is 1. The fraction of sp³-hybridized carbons (Fsp3) is 0.200. The van der Waals surface area contributed by atoms with Crippen LogP contribution in [0.3, 0.4) is 0 Å². The highest BCUT2D eigenvalue weighted by Gasteiger charge is 2.10. The molecule has 0 bridgehead atoms. The van der Waals surface area contributed by atoms with Crippen LogP contribution >= 0.6 is 11.8 Å². The minimum absolute atomic E-state index is 0.270. The van der Waals surface area contributed by atoms with Gasteiger partial charge in [0, 0.05) is 12.9 Å². The van der Waals surface area contributed by atoms with Gasteiger partial charge >= 0.3 is 5.69 Å². The van der Waals surface area contributed by atoms with Crippen molar-refractivity contribution in [2.75, 3.05) is 7.11 Å². The number of hydrogen-bond donors (Lipinski definition) is 1. The second-order valence-corrected chi connectivity index (χ2v) is 5.76. The van der Waals surface area contributed by atoms with Crippen LogP contribution in [-0.4, -0.2) is 26.7 Å². The summed E-state index contributed by atoms with van der Waals surface area (Å²) in [7, 11) is 1.66. The Balaban J connectivity index is 1.83. The molecule has 3 rings (SSSR count). The lowest BCUT2D eigenvalue weighted by atomic mass is 10.1. The van der Waals surface area contributed by atoms with Crippen molar-refractivity contribution < 1.29 is 4.74 Å². The molecule has 3 aromatic rings. The van der Waals surface area contributed by atoms with E-state index in [4.69, 9.17) is 10.00 Å². The number of aromatic amines is 1. The Bertz CT molecular complexity index is 941. The zero-order valence-corrected chi connectivity index (χ0v) is 13.1. The van der Waals surface area contributed by atoms with Crippen molar-refractivity contribution in [2.45, 2.75) is 17.5 Å². The number of ether oxygens (including phenoxy) is 1. The average Bonchev–Trinajstić information content (AvgIpc) is 2.97. The van der Waals surface area contributed by atoms with Crippen LogP contribution in [0, 0.1) is 11.3 Å². The van der Waals surface area contributed by atoms with E-state index >= 15 is 0 Å². The van der Waals surface area contributed by atoms with Crippen LogP contribution in [0.4, 0.5) is 0 Å². The highest BCUT2D eigenvalue weighted by Crippen LogP contribution is 2.20. The molecule has 0 amide bonds. The van der Waals surface area contributed by atoms with Crippen LogP contribution < -0.4 is 5.69 Å². The number of nitriles is 1. The number of nitrogens with zero attached hydrogens (tertiary/aromatic N) is 4. The Morgan fingerprint density at radius 1 is 1.43 bits per heavy atom. The van der Waals surface area contributed by atoms with Gasteiger partial charge in [-0.1, -0.05) is 36.0 Å². The first kappa shape index (κ1) is 15.3. The van der Waals surface area contributed by atoms with E-state index in [1.54, 1.807) is 7.11 Å². The number of hydrogen-bond acceptors (Lipinski definition) is 6. The first-order chi connectivity index (χ1) is 11.2. The minimum atomic E-state index is -0.410. The van der Waals surface area contributed by atoms with Gasteiger partial charge in [-0.15, -0.1) is 0 Å². The number of aromatic nitrogens is 4. The normalized spacial score (nSPS) is 10.8. The van der Waals surface area contributed by atoms with Crippen molar-refractivity contribution in [2.24, 2.45) is 0 Å². The van der Waals surface area contributed by atoms with Gasteiger partial charge in [0.15, 0.2) is 10.8 Å². The lowest BCUT2D eigenvalue weighted by molar-refractivity contribution is 0.185. The SMILES string of the molecule is COCc1cccc(CSc2nc3c(C#N)cnn3c(=O)[nH]2)c1. The molecule has 23 heavy (non-hydrogen) atoms. The van der Waals surface area contributed by atoms with Crippen molar-refractivity contribution in [1.29, 1.82) is 5.26 Å². The molecule has 116 valence electrons. The number of rotatable bonds is 5. The summed E-state index contributed by atoms with van der Waals surface area (Å²) in [5.41, 5.74) is 2.32.